The Kier molecular flexibility index (Phi) is 9.29. The van der Waals surface area contributed by atoms with Crippen molar-refractivity contribution in [2.24, 2.45) is 0 Å². The molecule has 0 aromatic heterocycles. The lowest BCUT2D eigenvalue weighted by Gasteiger charge is -2.27. The summed E-state index contributed by atoms with van der Waals surface area (Å²) in [7, 11) is 0. The van der Waals surface area contributed by atoms with Crippen molar-refractivity contribution in [3.8, 4) is 0 Å². The highest BCUT2D eigenvalue weighted by atomic mass is 16.6. The summed E-state index contributed by atoms with van der Waals surface area (Å²) in [5, 5.41) is 73.5. The number of carbonyl (C=O) groups is 4. The SMILES string of the molecule is O=C[C@H](O)[C@H](O)[C@@H](O)[C@H](O)C(=O)O[C@H](C=O)[C@@H](O)[C@H](O)[C@H](O)C(=O)O. The Hall–Kier alpha value is -2.00. The first-order valence-corrected chi connectivity index (χ1v) is 6.59. The van der Waals surface area contributed by atoms with Crippen LogP contribution in [0.2, 0.25) is 0 Å². The van der Waals surface area contributed by atoms with E-state index in [0.29, 0.717) is 0 Å². The molecular formula is C12H18O13. The summed E-state index contributed by atoms with van der Waals surface area (Å²) in [6.45, 7) is 0. The largest absolute Gasteiger partial charge is 0.479 e. The Morgan fingerprint density at radius 2 is 1.20 bits per heavy atom. The standard InChI is InChI=1S/C12H18O13/c13-1-3(15)5(16)7(18)10(21)12(24)25-4(2-14)6(17)8(19)9(20)11(22)23/h1-10,15-21H,(H,22,23)/t3-,4+,5-,6+,7+,8-,9-,10-/m0/s1. The van der Waals surface area contributed by atoms with Gasteiger partial charge >= 0.3 is 11.9 Å². The summed E-state index contributed by atoms with van der Waals surface area (Å²) >= 11 is 0. The molecule has 0 radical (unpaired) electrons. The van der Waals surface area contributed by atoms with Gasteiger partial charge in [-0.1, -0.05) is 0 Å². The maximum absolute atomic E-state index is 11.6. The van der Waals surface area contributed by atoms with Gasteiger partial charge in [0.2, 0.25) is 0 Å². The molecule has 0 saturated heterocycles. The highest BCUT2D eigenvalue weighted by Gasteiger charge is 2.40. The Morgan fingerprint density at radius 1 is 0.720 bits per heavy atom. The average Bonchev–Trinajstić information content (AvgIpc) is 2.60. The third kappa shape index (κ3) is 6.09. The number of rotatable bonds is 11. The molecule has 0 unspecified atom stereocenters. The number of aliphatic hydroxyl groups is 7. The predicted octanol–water partition coefficient (Wildman–Crippen LogP) is -6.09. The van der Waals surface area contributed by atoms with Crippen LogP contribution in [-0.4, -0.2) is 114 Å². The third-order valence-corrected chi connectivity index (χ3v) is 3.05. The number of aliphatic carboxylic acids is 1. The van der Waals surface area contributed by atoms with Crippen LogP contribution >= 0.6 is 0 Å². The van der Waals surface area contributed by atoms with E-state index in [0.717, 1.165) is 0 Å². The maximum atomic E-state index is 11.6. The smallest absolute Gasteiger partial charge is 0.338 e. The molecule has 8 N–H and O–H groups in total. The first kappa shape index (κ1) is 23.0. The van der Waals surface area contributed by atoms with Crippen LogP contribution in [0.3, 0.4) is 0 Å². The molecule has 0 rings (SSSR count). The Morgan fingerprint density at radius 3 is 1.60 bits per heavy atom. The molecule has 0 aromatic rings. The Bertz CT molecular complexity index is 480. The van der Waals surface area contributed by atoms with Gasteiger partial charge in [0.25, 0.3) is 0 Å². The summed E-state index contributed by atoms with van der Waals surface area (Å²) in [5.74, 6) is -3.78. The van der Waals surface area contributed by atoms with Crippen LogP contribution in [0.25, 0.3) is 0 Å². The summed E-state index contributed by atoms with van der Waals surface area (Å²) in [6.07, 6.45) is -19.6. The number of carboxylic acids is 1. The van der Waals surface area contributed by atoms with Crippen molar-refractivity contribution in [2.75, 3.05) is 0 Å². The Labute approximate surface area is 139 Å². The topological polar surface area (TPSA) is 239 Å². The van der Waals surface area contributed by atoms with E-state index >= 15 is 0 Å². The number of hydrogen-bond donors (Lipinski definition) is 8. The zero-order valence-electron chi connectivity index (χ0n) is 12.4. The first-order chi connectivity index (χ1) is 11.5. The minimum absolute atomic E-state index is 0.201. The van der Waals surface area contributed by atoms with Gasteiger partial charge in [0.05, 0.1) is 0 Å². The molecule has 0 bridgehead atoms. The average molecular weight is 370 g/mol. The molecule has 0 fully saturated rings. The number of esters is 1. The van der Waals surface area contributed by atoms with Gasteiger partial charge in [0, 0.05) is 0 Å². The summed E-state index contributed by atoms with van der Waals surface area (Å²) < 4.78 is 4.25. The van der Waals surface area contributed by atoms with Gasteiger partial charge in [0.1, 0.15) is 30.5 Å². The molecule has 0 aliphatic heterocycles. The lowest BCUT2D eigenvalue weighted by molar-refractivity contribution is -0.187. The zero-order valence-corrected chi connectivity index (χ0v) is 12.4. The molecule has 0 heterocycles. The van der Waals surface area contributed by atoms with Gasteiger partial charge < -0.3 is 50.4 Å². The van der Waals surface area contributed by atoms with Crippen molar-refractivity contribution in [1.82, 2.24) is 0 Å². The van der Waals surface area contributed by atoms with Gasteiger partial charge in [-0.2, -0.15) is 0 Å². The van der Waals surface area contributed by atoms with Gasteiger partial charge in [-0.15, -0.1) is 0 Å². The van der Waals surface area contributed by atoms with E-state index in [1.807, 2.05) is 0 Å². The van der Waals surface area contributed by atoms with Crippen LogP contribution in [-0.2, 0) is 23.9 Å². The van der Waals surface area contributed by atoms with Crippen LogP contribution < -0.4 is 0 Å². The predicted molar refractivity (Wildman–Crippen MR) is 71.7 cm³/mol. The van der Waals surface area contributed by atoms with E-state index in [1.165, 1.54) is 0 Å². The van der Waals surface area contributed by atoms with Crippen molar-refractivity contribution in [3.05, 3.63) is 0 Å². The van der Waals surface area contributed by atoms with Crippen LogP contribution in [0.4, 0.5) is 0 Å². The quantitative estimate of drug-likeness (QED) is 0.125. The molecule has 144 valence electrons. The van der Waals surface area contributed by atoms with Crippen molar-refractivity contribution < 1.29 is 64.8 Å². The van der Waals surface area contributed by atoms with Crippen molar-refractivity contribution in [1.29, 1.82) is 0 Å². The van der Waals surface area contributed by atoms with E-state index in [-0.39, 0.29) is 12.6 Å². The van der Waals surface area contributed by atoms with Crippen LogP contribution in [0, 0.1) is 0 Å². The lowest BCUT2D eigenvalue weighted by Crippen LogP contribution is -2.52. The molecule has 25 heavy (non-hydrogen) atoms. The van der Waals surface area contributed by atoms with Crippen LogP contribution in [0.1, 0.15) is 0 Å². The fourth-order valence-electron chi connectivity index (χ4n) is 1.52. The van der Waals surface area contributed by atoms with Crippen molar-refractivity contribution in [3.63, 3.8) is 0 Å². The second-order valence-electron chi connectivity index (χ2n) is 4.85. The summed E-state index contributed by atoms with van der Waals surface area (Å²) in [5.41, 5.74) is 0. The van der Waals surface area contributed by atoms with Gasteiger partial charge in [0.15, 0.2) is 30.9 Å². The molecule has 0 aliphatic carbocycles. The number of hydrogen-bond acceptors (Lipinski definition) is 12. The number of carboxylic acid groups (broad SMARTS) is 1. The third-order valence-electron chi connectivity index (χ3n) is 3.05. The Balaban J connectivity index is 5.01. The second-order valence-corrected chi connectivity index (χ2v) is 4.85. The second kappa shape index (κ2) is 10.1. The lowest BCUT2D eigenvalue weighted by atomic mass is 10.0. The molecule has 0 saturated carbocycles. The normalized spacial score (nSPS) is 20.9. The monoisotopic (exact) mass is 370 g/mol. The highest BCUT2D eigenvalue weighted by molar-refractivity contribution is 5.78. The highest BCUT2D eigenvalue weighted by Crippen LogP contribution is 2.11. The summed E-state index contributed by atoms with van der Waals surface area (Å²) in [6, 6.07) is 0. The molecule has 0 spiro atoms. The van der Waals surface area contributed by atoms with Crippen LogP contribution in [0.5, 0.6) is 0 Å². The number of carbonyl (C=O) groups excluding carboxylic acids is 3. The minimum Gasteiger partial charge on any atom is -0.479 e. The van der Waals surface area contributed by atoms with Crippen molar-refractivity contribution >= 4 is 24.5 Å². The van der Waals surface area contributed by atoms with E-state index in [2.05, 4.69) is 4.74 Å². The van der Waals surface area contributed by atoms with E-state index in [9.17, 15) is 44.7 Å². The first-order valence-electron chi connectivity index (χ1n) is 6.59. The van der Waals surface area contributed by atoms with Gasteiger partial charge in [-0.3, -0.25) is 4.79 Å². The molecule has 13 nitrogen and oxygen atoms in total. The van der Waals surface area contributed by atoms with E-state index < -0.39 is 60.8 Å². The fourth-order valence-corrected chi connectivity index (χ4v) is 1.52. The zero-order chi connectivity index (χ0) is 19.9. The van der Waals surface area contributed by atoms with Crippen LogP contribution in [0.15, 0.2) is 0 Å². The minimum atomic E-state index is -2.58. The van der Waals surface area contributed by atoms with Gasteiger partial charge in [-0.25, -0.2) is 9.59 Å². The molecule has 0 amide bonds. The fraction of sp³-hybridized carbons (Fsp3) is 0.667. The van der Waals surface area contributed by atoms with E-state index in [4.69, 9.17) is 15.3 Å². The molecule has 13 heteroatoms. The molecule has 8 atom stereocenters. The van der Waals surface area contributed by atoms with Crippen molar-refractivity contribution in [2.45, 2.75) is 48.8 Å². The maximum Gasteiger partial charge on any atom is 0.338 e. The molecule has 0 aromatic carbocycles. The van der Waals surface area contributed by atoms with Gasteiger partial charge in [-0.05, 0) is 0 Å². The number of ether oxygens (including phenoxy) is 1. The molecule has 0 aliphatic rings. The summed E-state index contributed by atoms with van der Waals surface area (Å²) in [4.78, 5) is 43.1. The number of aldehydes is 2. The molecular weight excluding hydrogens is 352 g/mol. The number of aliphatic hydroxyl groups excluding tert-OH is 7. The van der Waals surface area contributed by atoms with E-state index in [1.54, 1.807) is 0 Å².